The van der Waals surface area contributed by atoms with Crippen LogP contribution in [-0.4, -0.2) is 20.6 Å². The van der Waals surface area contributed by atoms with Crippen LogP contribution in [0.25, 0.3) is 16.8 Å². The number of benzene rings is 2. The summed E-state index contributed by atoms with van der Waals surface area (Å²) in [6.45, 7) is 6.19. The van der Waals surface area contributed by atoms with Gasteiger partial charge in [0.25, 0.3) is 0 Å². The van der Waals surface area contributed by atoms with Crippen molar-refractivity contribution in [3.05, 3.63) is 71.8 Å². The van der Waals surface area contributed by atoms with Crippen molar-refractivity contribution >= 4 is 5.97 Å². The third-order valence-electron chi connectivity index (χ3n) is 4.20. The fourth-order valence-corrected chi connectivity index (χ4v) is 2.84. The fourth-order valence-electron chi connectivity index (χ4n) is 2.84. The van der Waals surface area contributed by atoms with Crippen LogP contribution in [0.1, 0.15) is 36.8 Å². The molecule has 2 aromatic carbocycles. The lowest BCUT2D eigenvalue weighted by atomic mass is 10.0. The fraction of sp³-hybridized carbons (Fsp3) is 0.238. The lowest BCUT2D eigenvalue weighted by molar-refractivity contribution is -0.136. The largest absolute Gasteiger partial charge is 0.481 e. The molecule has 0 amide bonds. The van der Waals surface area contributed by atoms with Gasteiger partial charge in [0.15, 0.2) is 0 Å². The zero-order chi connectivity index (χ0) is 18.0. The van der Waals surface area contributed by atoms with Crippen LogP contribution in [-0.2, 0) is 11.2 Å². The summed E-state index contributed by atoms with van der Waals surface area (Å²) in [6, 6.07) is 16.5. The van der Waals surface area contributed by atoms with Crippen LogP contribution in [0.4, 0.5) is 0 Å². The molecule has 1 N–H and O–H groups in total. The van der Waals surface area contributed by atoms with E-state index in [0.717, 1.165) is 16.9 Å². The number of carbonyl (C=O) groups is 1. The van der Waals surface area contributed by atoms with E-state index >= 15 is 0 Å². The summed E-state index contributed by atoms with van der Waals surface area (Å²) in [5, 5.41) is 9.15. The molecule has 25 heavy (non-hydrogen) atoms. The first-order valence-electron chi connectivity index (χ1n) is 8.41. The monoisotopic (exact) mass is 334 g/mol. The zero-order valence-corrected chi connectivity index (χ0v) is 14.7. The standard InChI is InChI=1S/C21H22N2O2/c1-14(2)19-13-23(20(22-19)12-21(24)25)18-9-7-16(8-10-18)17-6-4-5-15(3)11-17/h4-11,13-14H,12H2,1-3H3,(H,24,25). The summed E-state index contributed by atoms with van der Waals surface area (Å²) in [6.07, 6.45) is 1.84. The van der Waals surface area contributed by atoms with E-state index in [1.54, 1.807) is 0 Å². The Balaban J connectivity index is 1.98. The molecule has 0 atom stereocenters. The number of aliphatic carboxylic acids is 1. The SMILES string of the molecule is Cc1cccc(-c2ccc(-n3cc(C(C)C)nc3CC(=O)O)cc2)c1. The molecule has 128 valence electrons. The van der Waals surface area contributed by atoms with Gasteiger partial charge in [0.1, 0.15) is 12.2 Å². The molecule has 0 aliphatic rings. The second-order valence-electron chi connectivity index (χ2n) is 6.59. The third kappa shape index (κ3) is 3.79. The van der Waals surface area contributed by atoms with Crippen molar-refractivity contribution in [1.29, 1.82) is 0 Å². The Morgan fingerprint density at radius 2 is 1.84 bits per heavy atom. The van der Waals surface area contributed by atoms with Gasteiger partial charge in [-0.25, -0.2) is 4.98 Å². The van der Waals surface area contributed by atoms with E-state index in [1.807, 2.05) is 29.0 Å². The van der Waals surface area contributed by atoms with Crippen molar-refractivity contribution in [2.24, 2.45) is 0 Å². The molecule has 0 unspecified atom stereocenters. The average Bonchev–Trinajstić information content (AvgIpc) is 2.98. The Labute approximate surface area is 147 Å². The number of rotatable bonds is 5. The van der Waals surface area contributed by atoms with Gasteiger partial charge in [-0.3, -0.25) is 4.79 Å². The molecule has 1 heterocycles. The maximum Gasteiger partial charge on any atom is 0.311 e. The van der Waals surface area contributed by atoms with Gasteiger partial charge in [0, 0.05) is 11.9 Å². The highest BCUT2D eigenvalue weighted by atomic mass is 16.4. The summed E-state index contributed by atoms with van der Waals surface area (Å²) < 4.78 is 1.88. The highest BCUT2D eigenvalue weighted by Crippen LogP contribution is 2.24. The molecule has 0 bridgehead atoms. The van der Waals surface area contributed by atoms with Crippen molar-refractivity contribution in [2.75, 3.05) is 0 Å². The number of aromatic nitrogens is 2. The first kappa shape index (κ1) is 17.0. The van der Waals surface area contributed by atoms with Gasteiger partial charge in [0.2, 0.25) is 0 Å². The van der Waals surface area contributed by atoms with Crippen LogP contribution < -0.4 is 0 Å². The molecule has 4 nitrogen and oxygen atoms in total. The average molecular weight is 334 g/mol. The van der Waals surface area contributed by atoms with E-state index in [9.17, 15) is 4.79 Å². The van der Waals surface area contributed by atoms with E-state index < -0.39 is 5.97 Å². The molecule has 3 rings (SSSR count). The summed E-state index contributed by atoms with van der Waals surface area (Å²) in [5.74, 6) is -0.0709. The molecule has 1 aromatic heterocycles. The Bertz CT molecular complexity index is 893. The summed E-state index contributed by atoms with van der Waals surface area (Å²) in [4.78, 5) is 15.6. The predicted octanol–water partition coefficient (Wildman–Crippen LogP) is 4.60. The lowest BCUT2D eigenvalue weighted by Gasteiger charge is -2.08. The number of nitrogens with zero attached hydrogens (tertiary/aromatic N) is 2. The van der Waals surface area contributed by atoms with Gasteiger partial charge in [-0.2, -0.15) is 0 Å². The minimum atomic E-state index is -0.876. The lowest BCUT2D eigenvalue weighted by Crippen LogP contribution is -2.07. The number of hydrogen-bond donors (Lipinski definition) is 1. The topological polar surface area (TPSA) is 55.1 Å². The second-order valence-corrected chi connectivity index (χ2v) is 6.59. The van der Waals surface area contributed by atoms with E-state index in [-0.39, 0.29) is 12.3 Å². The summed E-state index contributed by atoms with van der Waals surface area (Å²) in [7, 11) is 0. The van der Waals surface area contributed by atoms with Gasteiger partial charge in [-0.1, -0.05) is 55.8 Å². The molecule has 0 radical (unpaired) electrons. The molecular formula is C21H22N2O2. The first-order chi connectivity index (χ1) is 11.9. The maximum absolute atomic E-state index is 11.1. The molecule has 3 aromatic rings. The highest BCUT2D eigenvalue weighted by Gasteiger charge is 2.14. The minimum absolute atomic E-state index is 0.0909. The van der Waals surface area contributed by atoms with Crippen molar-refractivity contribution < 1.29 is 9.90 Å². The van der Waals surface area contributed by atoms with Crippen LogP contribution in [0.15, 0.2) is 54.7 Å². The second kappa shape index (κ2) is 6.93. The van der Waals surface area contributed by atoms with Crippen LogP contribution in [0.5, 0.6) is 0 Å². The minimum Gasteiger partial charge on any atom is -0.481 e. The van der Waals surface area contributed by atoms with Gasteiger partial charge in [-0.05, 0) is 36.1 Å². The Morgan fingerprint density at radius 3 is 2.44 bits per heavy atom. The van der Waals surface area contributed by atoms with Crippen molar-refractivity contribution in [2.45, 2.75) is 33.1 Å². The van der Waals surface area contributed by atoms with E-state index in [4.69, 9.17) is 5.11 Å². The van der Waals surface area contributed by atoms with Gasteiger partial charge in [0.05, 0.1) is 5.69 Å². The van der Waals surface area contributed by atoms with Gasteiger partial charge >= 0.3 is 5.97 Å². The maximum atomic E-state index is 11.1. The first-order valence-corrected chi connectivity index (χ1v) is 8.41. The predicted molar refractivity (Wildman–Crippen MR) is 99.2 cm³/mol. The number of carboxylic acids is 1. The smallest absolute Gasteiger partial charge is 0.311 e. The molecule has 4 heteroatoms. The molecular weight excluding hydrogens is 312 g/mol. The normalized spacial score (nSPS) is 11.0. The van der Waals surface area contributed by atoms with E-state index in [1.165, 1.54) is 11.1 Å². The third-order valence-corrected chi connectivity index (χ3v) is 4.20. The molecule has 0 aliphatic carbocycles. The highest BCUT2D eigenvalue weighted by molar-refractivity contribution is 5.69. The number of imidazole rings is 1. The van der Waals surface area contributed by atoms with Gasteiger partial charge in [-0.15, -0.1) is 0 Å². The Hall–Kier alpha value is -2.88. The summed E-state index contributed by atoms with van der Waals surface area (Å²) >= 11 is 0. The van der Waals surface area contributed by atoms with Crippen LogP contribution >= 0.6 is 0 Å². The Morgan fingerprint density at radius 1 is 1.12 bits per heavy atom. The Kier molecular flexibility index (Phi) is 4.70. The number of aryl methyl sites for hydroxylation is 1. The van der Waals surface area contributed by atoms with Crippen LogP contribution in [0, 0.1) is 6.92 Å². The zero-order valence-electron chi connectivity index (χ0n) is 14.7. The van der Waals surface area contributed by atoms with Crippen LogP contribution in [0.3, 0.4) is 0 Å². The molecule has 0 spiro atoms. The van der Waals surface area contributed by atoms with E-state index in [2.05, 4.69) is 56.1 Å². The van der Waals surface area contributed by atoms with Gasteiger partial charge < -0.3 is 9.67 Å². The molecule has 0 saturated heterocycles. The van der Waals surface area contributed by atoms with Crippen LogP contribution in [0.2, 0.25) is 0 Å². The molecule has 0 saturated carbocycles. The van der Waals surface area contributed by atoms with Crippen molar-refractivity contribution in [3.8, 4) is 16.8 Å². The molecule has 0 fully saturated rings. The number of hydrogen-bond acceptors (Lipinski definition) is 2. The summed E-state index contributed by atoms with van der Waals surface area (Å²) in [5.41, 5.74) is 5.36. The van der Waals surface area contributed by atoms with E-state index in [0.29, 0.717) is 5.82 Å². The van der Waals surface area contributed by atoms with Crippen molar-refractivity contribution in [3.63, 3.8) is 0 Å². The number of carboxylic acid groups (broad SMARTS) is 1. The quantitative estimate of drug-likeness (QED) is 0.742. The molecule has 0 aliphatic heterocycles. The van der Waals surface area contributed by atoms with Crippen molar-refractivity contribution in [1.82, 2.24) is 9.55 Å².